The van der Waals surface area contributed by atoms with Gasteiger partial charge in [0.25, 0.3) is 0 Å². The number of hydrogen-bond donors (Lipinski definition) is 0. The first-order valence-electron chi connectivity index (χ1n) is 29.7. The van der Waals surface area contributed by atoms with Crippen LogP contribution in [0.5, 0.6) is 0 Å². The zero-order valence-corrected chi connectivity index (χ0v) is 44.7. The van der Waals surface area contributed by atoms with Crippen LogP contribution in [0.1, 0.15) is 335 Å². The maximum absolute atomic E-state index is 12.9. The molecule has 0 heterocycles. The summed E-state index contributed by atoms with van der Waals surface area (Å²) in [6, 6.07) is 0. The molecule has 6 heteroatoms. The van der Waals surface area contributed by atoms with E-state index in [1.54, 1.807) is 0 Å². The van der Waals surface area contributed by atoms with Crippen LogP contribution >= 0.6 is 0 Å². The quantitative estimate of drug-likeness (QED) is 0.0262. The van der Waals surface area contributed by atoms with Crippen LogP contribution in [0.25, 0.3) is 0 Å². The number of allylic oxidation sites excluding steroid dienone is 2. The Labute approximate surface area is 411 Å². The van der Waals surface area contributed by atoms with Gasteiger partial charge in [-0.25, -0.2) is 0 Å². The maximum Gasteiger partial charge on any atom is 0.306 e. The van der Waals surface area contributed by atoms with Crippen LogP contribution in [0.4, 0.5) is 0 Å². The van der Waals surface area contributed by atoms with Gasteiger partial charge in [0.05, 0.1) is 0 Å². The molecule has 0 saturated carbocycles. The Balaban J connectivity index is 4.31. The van der Waals surface area contributed by atoms with Gasteiger partial charge in [-0.15, -0.1) is 0 Å². The Morgan fingerprint density at radius 2 is 0.500 bits per heavy atom. The molecular formula is C60H114O6. The van der Waals surface area contributed by atoms with Gasteiger partial charge in [-0.05, 0) is 44.9 Å². The topological polar surface area (TPSA) is 78.9 Å². The van der Waals surface area contributed by atoms with Crippen LogP contribution in [0.3, 0.4) is 0 Å². The van der Waals surface area contributed by atoms with Crippen molar-refractivity contribution in [3.8, 4) is 0 Å². The third kappa shape index (κ3) is 53.1. The predicted molar refractivity (Wildman–Crippen MR) is 284 cm³/mol. The smallest absolute Gasteiger partial charge is 0.306 e. The average molecular weight is 932 g/mol. The highest BCUT2D eigenvalue weighted by Gasteiger charge is 2.19. The van der Waals surface area contributed by atoms with Crippen molar-refractivity contribution in [2.45, 2.75) is 341 Å². The Morgan fingerprint density at radius 1 is 0.288 bits per heavy atom. The van der Waals surface area contributed by atoms with E-state index in [1.807, 2.05) is 0 Å². The lowest BCUT2D eigenvalue weighted by atomic mass is 10.0. The third-order valence-corrected chi connectivity index (χ3v) is 13.5. The molecule has 0 fully saturated rings. The summed E-state index contributed by atoms with van der Waals surface area (Å²) in [6.45, 7) is 6.69. The Hall–Kier alpha value is -1.85. The predicted octanol–water partition coefficient (Wildman–Crippen LogP) is 19.7. The summed E-state index contributed by atoms with van der Waals surface area (Å²) in [7, 11) is 0. The van der Waals surface area contributed by atoms with Crippen LogP contribution in [0.2, 0.25) is 0 Å². The van der Waals surface area contributed by atoms with E-state index in [0.29, 0.717) is 19.3 Å². The standard InChI is InChI=1S/C60H114O6/c1-4-7-10-13-16-19-22-25-28-30-32-35-38-41-44-47-50-53-59(62)65-56-57(55-64-58(61)52-49-46-43-40-37-34-27-24-21-18-15-12-9-6-3)66-60(63)54-51-48-45-42-39-36-33-31-29-26-23-20-17-14-11-8-5-2/h24,27,57H,4-23,25-26,28-56H2,1-3H3/b27-24+/t57-/m1/s1. The molecule has 0 spiro atoms. The zero-order chi connectivity index (χ0) is 47.9. The van der Waals surface area contributed by atoms with Crippen molar-refractivity contribution in [3.63, 3.8) is 0 Å². The molecule has 0 N–H and O–H groups in total. The Morgan fingerprint density at radius 3 is 0.758 bits per heavy atom. The molecule has 0 saturated heterocycles. The van der Waals surface area contributed by atoms with Gasteiger partial charge in [0.1, 0.15) is 13.2 Å². The van der Waals surface area contributed by atoms with Crippen molar-refractivity contribution in [1.29, 1.82) is 0 Å². The first-order chi connectivity index (χ1) is 32.5. The fourth-order valence-corrected chi connectivity index (χ4v) is 9.03. The van der Waals surface area contributed by atoms with Crippen molar-refractivity contribution in [2.24, 2.45) is 0 Å². The van der Waals surface area contributed by atoms with Gasteiger partial charge >= 0.3 is 17.9 Å². The van der Waals surface area contributed by atoms with E-state index in [9.17, 15) is 14.4 Å². The summed E-state index contributed by atoms with van der Waals surface area (Å²) in [5, 5.41) is 0. The number of ether oxygens (including phenoxy) is 3. The minimum absolute atomic E-state index is 0.0663. The van der Waals surface area contributed by atoms with Crippen molar-refractivity contribution in [1.82, 2.24) is 0 Å². The molecule has 390 valence electrons. The molecular weight excluding hydrogens is 817 g/mol. The van der Waals surface area contributed by atoms with Gasteiger partial charge in [-0.2, -0.15) is 0 Å². The van der Waals surface area contributed by atoms with Crippen LogP contribution in [0, 0.1) is 0 Å². The Kier molecular flexibility index (Phi) is 54.2. The molecule has 0 unspecified atom stereocenters. The molecule has 66 heavy (non-hydrogen) atoms. The molecule has 0 aromatic heterocycles. The summed E-state index contributed by atoms with van der Waals surface area (Å²) in [6.07, 6.45) is 63.4. The molecule has 0 aromatic rings. The highest BCUT2D eigenvalue weighted by Crippen LogP contribution is 2.17. The highest BCUT2D eigenvalue weighted by atomic mass is 16.6. The molecule has 0 bridgehead atoms. The second kappa shape index (κ2) is 55.7. The molecule has 0 aliphatic rings. The number of esters is 3. The molecule has 0 aliphatic carbocycles. The average Bonchev–Trinajstić information content (AvgIpc) is 3.31. The van der Waals surface area contributed by atoms with E-state index in [4.69, 9.17) is 14.2 Å². The molecule has 0 rings (SSSR count). The van der Waals surface area contributed by atoms with Crippen LogP contribution in [-0.2, 0) is 28.6 Å². The molecule has 0 aliphatic heterocycles. The molecule has 0 amide bonds. The summed E-state index contributed by atoms with van der Waals surface area (Å²) in [5.74, 6) is -0.849. The van der Waals surface area contributed by atoms with E-state index < -0.39 is 6.10 Å². The van der Waals surface area contributed by atoms with Crippen LogP contribution < -0.4 is 0 Å². The lowest BCUT2D eigenvalue weighted by molar-refractivity contribution is -0.167. The van der Waals surface area contributed by atoms with Gasteiger partial charge in [0.15, 0.2) is 6.10 Å². The minimum atomic E-state index is -0.767. The first-order valence-corrected chi connectivity index (χ1v) is 29.7. The second-order valence-electron chi connectivity index (χ2n) is 20.3. The monoisotopic (exact) mass is 931 g/mol. The summed E-state index contributed by atoms with van der Waals surface area (Å²) < 4.78 is 16.9. The third-order valence-electron chi connectivity index (χ3n) is 13.5. The van der Waals surface area contributed by atoms with Crippen molar-refractivity contribution in [3.05, 3.63) is 12.2 Å². The van der Waals surface area contributed by atoms with Crippen molar-refractivity contribution >= 4 is 17.9 Å². The Bertz CT molecular complexity index is 1020. The number of carbonyl (C=O) groups excluding carboxylic acids is 3. The largest absolute Gasteiger partial charge is 0.462 e. The van der Waals surface area contributed by atoms with Crippen LogP contribution in [0.15, 0.2) is 12.2 Å². The lowest BCUT2D eigenvalue weighted by Crippen LogP contribution is -2.30. The van der Waals surface area contributed by atoms with E-state index in [2.05, 4.69) is 32.9 Å². The number of carbonyl (C=O) groups is 3. The maximum atomic E-state index is 12.9. The fourth-order valence-electron chi connectivity index (χ4n) is 9.03. The molecule has 0 aromatic carbocycles. The molecule has 1 atom stereocenters. The number of hydrogen-bond acceptors (Lipinski definition) is 6. The number of unbranched alkanes of at least 4 members (excludes halogenated alkanes) is 42. The zero-order valence-electron chi connectivity index (χ0n) is 44.7. The van der Waals surface area contributed by atoms with E-state index in [0.717, 1.165) is 64.2 Å². The molecule has 6 nitrogen and oxygen atoms in total. The fraction of sp³-hybridized carbons (Fsp3) is 0.917. The minimum Gasteiger partial charge on any atom is -0.462 e. The van der Waals surface area contributed by atoms with E-state index in [-0.39, 0.29) is 31.1 Å². The molecule has 0 radical (unpaired) electrons. The summed E-state index contributed by atoms with van der Waals surface area (Å²) >= 11 is 0. The summed E-state index contributed by atoms with van der Waals surface area (Å²) in [5.41, 5.74) is 0. The van der Waals surface area contributed by atoms with Gasteiger partial charge in [0.2, 0.25) is 0 Å². The van der Waals surface area contributed by atoms with Gasteiger partial charge < -0.3 is 14.2 Å². The van der Waals surface area contributed by atoms with Crippen molar-refractivity contribution in [2.75, 3.05) is 13.2 Å². The van der Waals surface area contributed by atoms with E-state index >= 15 is 0 Å². The van der Waals surface area contributed by atoms with Crippen LogP contribution in [-0.4, -0.2) is 37.2 Å². The SMILES string of the molecule is CCCCCCC/C=C/CCCCCCCC(=O)OC[C@H](COC(=O)CCCCCCCCCCCCCCCCCCC)OC(=O)CCCCCCCCCCCCCCCCCCC. The summed E-state index contributed by atoms with van der Waals surface area (Å²) in [4.78, 5) is 38.2. The second-order valence-corrected chi connectivity index (χ2v) is 20.3. The van der Waals surface area contributed by atoms with Crippen molar-refractivity contribution < 1.29 is 28.6 Å². The van der Waals surface area contributed by atoms with E-state index in [1.165, 1.54) is 231 Å². The number of rotatable bonds is 55. The first kappa shape index (κ1) is 64.2. The normalized spacial score (nSPS) is 12.0. The van der Waals surface area contributed by atoms with Gasteiger partial charge in [-0.3, -0.25) is 14.4 Å². The van der Waals surface area contributed by atoms with Gasteiger partial charge in [-0.1, -0.05) is 283 Å². The highest BCUT2D eigenvalue weighted by molar-refractivity contribution is 5.71. The lowest BCUT2D eigenvalue weighted by Gasteiger charge is -2.18. The van der Waals surface area contributed by atoms with Gasteiger partial charge in [0, 0.05) is 19.3 Å².